The molecule has 120 valence electrons. The zero-order chi connectivity index (χ0) is 16.1. The van der Waals surface area contributed by atoms with E-state index in [1.54, 1.807) is 6.21 Å². The molecule has 0 saturated carbocycles. The second-order valence-electron chi connectivity index (χ2n) is 5.98. The highest BCUT2D eigenvalue weighted by Gasteiger charge is 2.15. The van der Waals surface area contributed by atoms with E-state index in [0.717, 1.165) is 31.7 Å². The lowest BCUT2D eigenvalue weighted by atomic mass is 10.1. The number of hydrazone groups is 1. The second-order valence-corrected chi connectivity index (χ2v) is 5.98. The maximum atomic E-state index is 11.9. The van der Waals surface area contributed by atoms with Gasteiger partial charge in [-0.25, -0.2) is 5.43 Å². The molecule has 0 unspecified atom stereocenters. The molecule has 1 amide bonds. The van der Waals surface area contributed by atoms with Crippen LogP contribution in [0.4, 0.5) is 0 Å². The van der Waals surface area contributed by atoms with Crippen molar-refractivity contribution in [1.82, 2.24) is 15.2 Å². The van der Waals surface area contributed by atoms with Gasteiger partial charge in [0.05, 0.1) is 12.8 Å². The molecule has 1 aliphatic heterocycles. The number of benzene rings is 2. The highest BCUT2D eigenvalue weighted by Crippen LogP contribution is 2.14. The van der Waals surface area contributed by atoms with Crippen LogP contribution in [0.25, 0.3) is 10.8 Å². The van der Waals surface area contributed by atoms with E-state index < -0.39 is 0 Å². The quantitative estimate of drug-likeness (QED) is 0.688. The summed E-state index contributed by atoms with van der Waals surface area (Å²) in [4.78, 5) is 16.3. The number of likely N-dealkylation sites (N-methyl/N-ethyl adjacent to an activating group) is 1. The van der Waals surface area contributed by atoms with Crippen molar-refractivity contribution in [1.29, 1.82) is 0 Å². The molecular weight excluding hydrogens is 288 g/mol. The lowest BCUT2D eigenvalue weighted by molar-refractivity contribution is -0.122. The van der Waals surface area contributed by atoms with Crippen LogP contribution in [0.3, 0.4) is 0 Å². The summed E-state index contributed by atoms with van der Waals surface area (Å²) in [7, 11) is 2.10. The van der Waals surface area contributed by atoms with Gasteiger partial charge in [0.1, 0.15) is 0 Å². The summed E-state index contributed by atoms with van der Waals surface area (Å²) in [6.45, 7) is 4.28. The maximum Gasteiger partial charge on any atom is 0.254 e. The van der Waals surface area contributed by atoms with Crippen LogP contribution in [0.2, 0.25) is 0 Å². The van der Waals surface area contributed by atoms with Crippen LogP contribution in [0.5, 0.6) is 0 Å². The first-order valence-electron chi connectivity index (χ1n) is 7.92. The van der Waals surface area contributed by atoms with Gasteiger partial charge in [-0.05, 0) is 29.4 Å². The van der Waals surface area contributed by atoms with Crippen LogP contribution in [0.15, 0.2) is 47.6 Å². The number of hydrogen-bond acceptors (Lipinski definition) is 4. The van der Waals surface area contributed by atoms with Crippen molar-refractivity contribution in [3.05, 3.63) is 48.0 Å². The predicted octanol–water partition coefficient (Wildman–Crippen LogP) is 1.54. The highest BCUT2D eigenvalue weighted by atomic mass is 16.2. The van der Waals surface area contributed by atoms with Crippen molar-refractivity contribution in [3.8, 4) is 0 Å². The lowest BCUT2D eigenvalue weighted by Crippen LogP contribution is -2.47. The summed E-state index contributed by atoms with van der Waals surface area (Å²) >= 11 is 0. The third-order valence-corrected chi connectivity index (χ3v) is 4.14. The van der Waals surface area contributed by atoms with Crippen LogP contribution in [-0.4, -0.2) is 61.7 Å². The predicted molar refractivity (Wildman–Crippen MR) is 93.6 cm³/mol. The molecule has 0 atom stereocenters. The number of rotatable bonds is 4. The zero-order valence-electron chi connectivity index (χ0n) is 13.4. The molecule has 0 aliphatic carbocycles. The lowest BCUT2D eigenvalue weighted by Gasteiger charge is -2.31. The number of carbonyl (C=O) groups is 1. The number of nitrogens with zero attached hydrogens (tertiary/aromatic N) is 3. The number of fused-ring (bicyclic) bond motifs is 1. The van der Waals surface area contributed by atoms with E-state index in [1.165, 1.54) is 10.8 Å². The molecule has 1 aliphatic rings. The molecular formula is C18H22N4O. The first-order valence-corrected chi connectivity index (χ1v) is 7.92. The van der Waals surface area contributed by atoms with Gasteiger partial charge in [-0.1, -0.05) is 36.4 Å². The summed E-state index contributed by atoms with van der Waals surface area (Å²) in [5.74, 6) is -0.0633. The van der Waals surface area contributed by atoms with Crippen LogP contribution in [-0.2, 0) is 4.79 Å². The molecule has 0 spiro atoms. The number of hydrogen-bond donors (Lipinski definition) is 1. The van der Waals surface area contributed by atoms with E-state index in [0.29, 0.717) is 6.54 Å². The van der Waals surface area contributed by atoms with Gasteiger partial charge < -0.3 is 4.90 Å². The molecule has 5 nitrogen and oxygen atoms in total. The Morgan fingerprint density at radius 1 is 1.13 bits per heavy atom. The fourth-order valence-electron chi connectivity index (χ4n) is 2.71. The Balaban J connectivity index is 1.52. The molecule has 3 rings (SSSR count). The Morgan fingerprint density at radius 3 is 2.65 bits per heavy atom. The van der Waals surface area contributed by atoms with Gasteiger partial charge in [0.2, 0.25) is 0 Å². The van der Waals surface area contributed by atoms with Gasteiger partial charge in [-0.2, -0.15) is 5.10 Å². The van der Waals surface area contributed by atoms with Gasteiger partial charge in [0.25, 0.3) is 5.91 Å². The number of nitrogens with one attached hydrogen (secondary N) is 1. The van der Waals surface area contributed by atoms with Crippen molar-refractivity contribution in [3.63, 3.8) is 0 Å². The first-order chi connectivity index (χ1) is 11.2. The van der Waals surface area contributed by atoms with Crippen LogP contribution in [0.1, 0.15) is 5.56 Å². The Morgan fingerprint density at radius 2 is 1.87 bits per heavy atom. The molecule has 1 fully saturated rings. The summed E-state index contributed by atoms with van der Waals surface area (Å²) in [6.07, 6.45) is 1.69. The molecule has 23 heavy (non-hydrogen) atoms. The minimum absolute atomic E-state index is 0.0633. The molecule has 1 heterocycles. The zero-order valence-corrected chi connectivity index (χ0v) is 13.4. The molecule has 2 aromatic carbocycles. The smallest absolute Gasteiger partial charge is 0.254 e. The first kappa shape index (κ1) is 15.6. The van der Waals surface area contributed by atoms with Gasteiger partial charge in [0.15, 0.2) is 0 Å². The Hall–Kier alpha value is -2.24. The summed E-state index contributed by atoms with van der Waals surface area (Å²) in [5, 5.41) is 6.43. The Labute approximate surface area is 136 Å². The summed E-state index contributed by atoms with van der Waals surface area (Å²) in [6, 6.07) is 14.3. The van der Waals surface area contributed by atoms with Crippen molar-refractivity contribution >= 4 is 22.9 Å². The minimum atomic E-state index is -0.0633. The fraction of sp³-hybridized carbons (Fsp3) is 0.333. The topological polar surface area (TPSA) is 47.9 Å². The van der Waals surface area contributed by atoms with Crippen molar-refractivity contribution < 1.29 is 4.79 Å². The van der Waals surface area contributed by atoms with E-state index >= 15 is 0 Å². The van der Waals surface area contributed by atoms with Crippen molar-refractivity contribution in [2.24, 2.45) is 5.10 Å². The van der Waals surface area contributed by atoms with Gasteiger partial charge >= 0.3 is 0 Å². The molecule has 1 N–H and O–H groups in total. The summed E-state index contributed by atoms with van der Waals surface area (Å²) < 4.78 is 0. The van der Waals surface area contributed by atoms with E-state index in [1.807, 2.05) is 18.2 Å². The minimum Gasteiger partial charge on any atom is -0.304 e. The van der Waals surface area contributed by atoms with Crippen LogP contribution >= 0.6 is 0 Å². The third-order valence-electron chi connectivity index (χ3n) is 4.14. The molecule has 0 aromatic heterocycles. The molecule has 0 bridgehead atoms. The number of amides is 1. The molecule has 5 heteroatoms. The van der Waals surface area contributed by atoms with Crippen molar-refractivity contribution in [2.75, 3.05) is 39.8 Å². The number of piperazine rings is 1. The highest BCUT2D eigenvalue weighted by molar-refractivity contribution is 5.90. The molecule has 1 saturated heterocycles. The van der Waals surface area contributed by atoms with Crippen molar-refractivity contribution in [2.45, 2.75) is 0 Å². The van der Waals surface area contributed by atoms with E-state index in [4.69, 9.17) is 0 Å². The maximum absolute atomic E-state index is 11.9. The third kappa shape index (κ3) is 4.37. The van der Waals surface area contributed by atoms with Gasteiger partial charge in [-0.3, -0.25) is 9.69 Å². The van der Waals surface area contributed by atoms with E-state index in [9.17, 15) is 4.79 Å². The SMILES string of the molecule is CN1CCN(CC(=O)N/N=C/c2ccc3ccccc3c2)CC1. The second kappa shape index (κ2) is 7.35. The molecule has 2 aromatic rings. The normalized spacial score (nSPS) is 16.9. The molecule has 0 radical (unpaired) electrons. The van der Waals surface area contributed by atoms with Crippen LogP contribution < -0.4 is 5.43 Å². The average Bonchev–Trinajstić information content (AvgIpc) is 2.57. The van der Waals surface area contributed by atoms with Gasteiger partial charge in [-0.15, -0.1) is 0 Å². The van der Waals surface area contributed by atoms with E-state index in [2.05, 4.69) is 51.6 Å². The standard InChI is InChI=1S/C18H22N4O/c1-21-8-10-22(11-9-21)14-18(23)20-19-13-15-6-7-16-4-2-3-5-17(16)12-15/h2-7,12-13H,8-11,14H2,1H3,(H,20,23)/b19-13+. The monoisotopic (exact) mass is 310 g/mol. The number of carbonyl (C=O) groups excluding carboxylic acids is 1. The van der Waals surface area contributed by atoms with Crippen LogP contribution in [0, 0.1) is 0 Å². The fourth-order valence-corrected chi connectivity index (χ4v) is 2.71. The van der Waals surface area contributed by atoms with E-state index in [-0.39, 0.29) is 5.91 Å². The average molecular weight is 310 g/mol. The van der Waals surface area contributed by atoms with Gasteiger partial charge in [0, 0.05) is 26.2 Å². The largest absolute Gasteiger partial charge is 0.304 e. The Kier molecular flexibility index (Phi) is 5.00. The Bertz CT molecular complexity index is 705. The summed E-state index contributed by atoms with van der Waals surface area (Å²) in [5.41, 5.74) is 3.59.